The maximum absolute atomic E-state index is 11.4. The fourth-order valence-electron chi connectivity index (χ4n) is 0.922. The number of thiazole rings is 1. The lowest BCUT2D eigenvalue weighted by molar-refractivity contribution is 0.0701. The van der Waals surface area contributed by atoms with Gasteiger partial charge in [-0.2, -0.15) is 5.48 Å². The Bertz CT molecular complexity index is 450. The van der Waals surface area contributed by atoms with Gasteiger partial charge in [0.2, 0.25) is 0 Å². The molecule has 5 nitrogen and oxygen atoms in total. The molecular formula is C9H8N2O3S. The van der Waals surface area contributed by atoms with Gasteiger partial charge in [-0.25, -0.2) is 4.98 Å². The molecule has 0 aliphatic heterocycles. The number of hydrogen-bond donors (Lipinski definition) is 1. The average Bonchev–Trinajstić information content (AvgIpc) is 2.84. The molecule has 78 valence electrons. The van der Waals surface area contributed by atoms with Gasteiger partial charge >= 0.3 is 11.9 Å². The predicted molar refractivity (Wildman–Crippen MR) is 53.7 cm³/mol. The Balaban J connectivity index is 1.93. The Morgan fingerprint density at radius 3 is 3.13 bits per heavy atom. The lowest BCUT2D eigenvalue weighted by Gasteiger charge is -2.00. The van der Waals surface area contributed by atoms with E-state index in [0.717, 1.165) is 4.88 Å². The highest BCUT2D eigenvalue weighted by Gasteiger charge is 2.10. The Morgan fingerprint density at radius 2 is 2.53 bits per heavy atom. The molecule has 0 saturated heterocycles. The number of hydrogen-bond acceptors (Lipinski definition) is 5. The number of carbonyl (C=O) groups is 1. The van der Waals surface area contributed by atoms with E-state index in [1.165, 1.54) is 17.6 Å². The second-order valence-corrected chi connectivity index (χ2v) is 3.98. The molecule has 1 N–H and O–H groups in total. The smallest absolute Gasteiger partial charge is 0.312 e. The van der Waals surface area contributed by atoms with Gasteiger partial charge in [-0.1, -0.05) is 0 Å². The van der Waals surface area contributed by atoms with E-state index in [1.54, 1.807) is 18.3 Å². The fraction of sp³-hybridized carbons (Fsp3) is 0.111. The minimum Gasteiger partial charge on any atom is -0.433 e. The van der Waals surface area contributed by atoms with Crippen LogP contribution in [0.2, 0.25) is 0 Å². The maximum Gasteiger partial charge on any atom is 0.312 e. The molecule has 0 aliphatic rings. The summed E-state index contributed by atoms with van der Waals surface area (Å²) in [5.41, 5.74) is 2.23. The molecule has 2 heterocycles. The van der Waals surface area contributed by atoms with Gasteiger partial charge in [-0.3, -0.25) is 4.79 Å². The number of aromatic nitrogens is 1. The van der Waals surface area contributed by atoms with E-state index in [4.69, 9.17) is 9.25 Å². The summed E-state index contributed by atoms with van der Waals surface area (Å²) in [5, 5.41) is 0.360. The zero-order valence-electron chi connectivity index (χ0n) is 7.89. The first-order valence-corrected chi connectivity index (χ1v) is 5.00. The van der Waals surface area contributed by atoms with Gasteiger partial charge in [-0.05, 0) is 13.0 Å². The highest BCUT2D eigenvalue weighted by Crippen LogP contribution is 2.12. The topological polar surface area (TPSA) is 64.4 Å². The molecule has 6 heteroatoms. The van der Waals surface area contributed by atoms with Crippen molar-refractivity contribution in [2.45, 2.75) is 6.92 Å². The van der Waals surface area contributed by atoms with Gasteiger partial charge in [0.15, 0.2) is 5.01 Å². The van der Waals surface area contributed by atoms with Gasteiger partial charge in [0.25, 0.3) is 0 Å². The number of rotatable bonds is 3. The van der Waals surface area contributed by atoms with Gasteiger partial charge in [-0.15, -0.1) is 11.3 Å². The molecule has 15 heavy (non-hydrogen) atoms. The van der Waals surface area contributed by atoms with Crippen molar-refractivity contribution in [1.82, 2.24) is 10.5 Å². The van der Waals surface area contributed by atoms with E-state index < -0.39 is 0 Å². The summed E-state index contributed by atoms with van der Waals surface area (Å²) < 4.78 is 4.87. The summed E-state index contributed by atoms with van der Waals surface area (Å²) in [6, 6.07) is 3.25. The average molecular weight is 224 g/mol. The third-order valence-corrected chi connectivity index (χ3v) is 2.47. The Hall–Kier alpha value is -1.82. The zero-order valence-corrected chi connectivity index (χ0v) is 8.71. The molecule has 0 bridgehead atoms. The number of nitrogens with one attached hydrogen (secondary N) is 1. The molecule has 0 aliphatic carbocycles. The second-order valence-electron chi connectivity index (χ2n) is 2.74. The third kappa shape index (κ3) is 2.35. The first-order valence-electron chi connectivity index (χ1n) is 4.19. The van der Waals surface area contributed by atoms with Crippen LogP contribution >= 0.6 is 11.3 Å². The van der Waals surface area contributed by atoms with Gasteiger partial charge in [0.05, 0.1) is 6.26 Å². The largest absolute Gasteiger partial charge is 0.433 e. The molecule has 2 aromatic heterocycles. The van der Waals surface area contributed by atoms with Gasteiger partial charge < -0.3 is 9.25 Å². The molecular weight excluding hydrogens is 216 g/mol. The predicted octanol–water partition coefficient (Wildman–Crippen LogP) is 1.77. The molecule has 0 unspecified atom stereocenters. The van der Waals surface area contributed by atoms with Crippen LogP contribution < -0.4 is 10.3 Å². The van der Waals surface area contributed by atoms with Crippen molar-refractivity contribution in [1.29, 1.82) is 0 Å². The minimum atomic E-state index is -0.385. The van der Waals surface area contributed by atoms with E-state index in [0.29, 0.717) is 5.01 Å². The van der Waals surface area contributed by atoms with Crippen molar-refractivity contribution in [3.8, 4) is 5.95 Å². The highest BCUT2D eigenvalue weighted by molar-refractivity contribution is 7.13. The lowest BCUT2D eigenvalue weighted by atomic mass is 10.6. The van der Waals surface area contributed by atoms with Crippen LogP contribution in [0.4, 0.5) is 0 Å². The van der Waals surface area contributed by atoms with Gasteiger partial charge in [0, 0.05) is 17.1 Å². The first-order chi connectivity index (χ1) is 7.25. The molecule has 0 atom stereocenters. The number of hydroxylamine groups is 1. The fourth-order valence-corrected chi connectivity index (χ4v) is 1.57. The number of furan rings is 1. The summed E-state index contributed by atoms with van der Waals surface area (Å²) in [4.78, 5) is 21.2. The summed E-state index contributed by atoms with van der Waals surface area (Å²) >= 11 is 1.30. The van der Waals surface area contributed by atoms with Crippen molar-refractivity contribution >= 4 is 17.2 Å². The summed E-state index contributed by atoms with van der Waals surface area (Å²) in [6.45, 7) is 1.88. The molecule has 0 spiro atoms. The van der Waals surface area contributed by atoms with Crippen molar-refractivity contribution < 1.29 is 14.0 Å². The third-order valence-electron chi connectivity index (χ3n) is 1.55. The number of nitrogens with zero attached hydrogens (tertiary/aromatic N) is 1. The monoisotopic (exact) mass is 224 g/mol. The van der Waals surface area contributed by atoms with Crippen LogP contribution in [-0.4, -0.2) is 10.9 Å². The van der Waals surface area contributed by atoms with Crippen molar-refractivity contribution in [3.63, 3.8) is 0 Å². The van der Waals surface area contributed by atoms with E-state index in [-0.39, 0.29) is 11.9 Å². The summed E-state index contributed by atoms with van der Waals surface area (Å²) in [7, 11) is 0. The molecule has 0 fully saturated rings. The van der Waals surface area contributed by atoms with E-state index in [9.17, 15) is 4.79 Å². The van der Waals surface area contributed by atoms with Crippen LogP contribution in [0.1, 0.15) is 14.7 Å². The highest BCUT2D eigenvalue weighted by atomic mass is 32.1. The molecule has 1 amide bonds. The minimum absolute atomic E-state index is 0.233. The molecule has 2 rings (SSSR count). The zero-order chi connectivity index (χ0) is 10.7. The molecule has 2 aromatic rings. The second kappa shape index (κ2) is 4.14. The summed E-state index contributed by atoms with van der Waals surface area (Å²) in [6.07, 6.45) is 3.08. The van der Waals surface area contributed by atoms with E-state index in [2.05, 4.69) is 10.5 Å². The molecule has 0 aromatic carbocycles. The first kappa shape index (κ1) is 9.72. The van der Waals surface area contributed by atoms with Crippen LogP contribution in [0.25, 0.3) is 0 Å². The van der Waals surface area contributed by atoms with Crippen molar-refractivity contribution in [2.24, 2.45) is 0 Å². The van der Waals surface area contributed by atoms with Gasteiger partial charge in [0.1, 0.15) is 0 Å². The quantitative estimate of drug-likeness (QED) is 0.807. The van der Waals surface area contributed by atoms with Crippen LogP contribution in [0.5, 0.6) is 5.95 Å². The Morgan fingerprint density at radius 1 is 1.67 bits per heavy atom. The Kier molecular flexibility index (Phi) is 2.68. The standard InChI is InChI=1S/C9H8N2O3S/c1-6-5-10-9(15-6)8(12)11-14-7-3-2-4-13-7/h2-5H,1H3,(H,11,12). The van der Waals surface area contributed by atoms with Crippen LogP contribution in [0, 0.1) is 6.92 Å². The lowest BCUT2D eigenvalue weighted by Crippen LogP contribution is -2.26. The summed E-state index contributed by atoms with van der Waals surface area (Å²) in [5.74, 6) is -0.152. The Labute approximate surface area is 89.7 Å². The van der Waals surface area contributed by atoms with Crippen molar-refractivity contribution in [3.05, 3.63) is 34.5 Å². The van der Waals surface area contributed by atoms with Crippen LogP contribution in [-0.2, 0) is 0 Å². The van der Waals surface area contributed by atoms with Crippen LogP contribution in [0.3, 0.4) is 0 Å². The van der Waals surface area contributed by atoms with E-state index in [1.807, 2.05) is 6.92 Å². The van der Waals surface area contributed by atoms with E-state index >= 15 is 0 Å². The SMILES string of the molecule is Cc1cnc(C(=O)NOc2ccco2)s1. The van der Waals surface area contributed by atoms with Crippen molar-refractivity contribution in [2.75, 3.05) is 0 Å². The molecule has 0 radical (unpaired) electrons. The normalized spacial score (nSPS) is 9.93. The number of amides is 1. The maximum atomic E-state index is 11.4. The van der Waals surface area contributed by atoms with Crippen LogP contribution in [0.15, 0.2) is 29.0 Å². The number of aryl methyl sites for hydroxylation is 1. The molecule has 0 saturated carbocycles. The number of carbonyl (C=O) groups excluding carboxylic acids is 1.